The summed E-state index contributed by atoms with van der Waals surface area (Å²) in [6, 6.07) is 7.95. The van der Waals surface area contributed by atoms with E-state index in [0.717, 1.165) is 55.4 Å². The van der Waals surface area contributed by atoms with Gasteiger partial charge in [-0.3, -0.25) is 14.6 Å². The highest BCUT2D eigenvalue weighted by atomic mass is 16.4. The lowest BCUT2D eigenvalue weighted by Crippen LogP contribution is -2.56. The summed E-state index contributed by atoms with van der Waals surface area (Å²) in [5.41, 5.74) is 2.23. The summed E-state index contributed by atoms with van der Waals surface area (Å²) in [5, 5.41) is 9.25. The molecule has 0 radical (unpaired) electrons. The number of rotatable bonds is 3. The predicted octanol–water partition coefficient (Wildman–Crippen LogP) is 3.15. The largest absolute Gasteiger partial charge is 0.480 e. The molecule has 5 nitrogen and oxygen atoms in total. The first-order chi connectivity index (χ1) is 11.5. The minimum atomic E-state index is -0.971. The lowest BCUT2D eigenvalue weighted by molar-refractivity contribution is -0.150. The van der Waals surface area contributed by atoms with Crippen molar-refractivity contribution in [2.24, 2.45) is 4.99 Å². The normalized spacial score (nSPS) is 20.6. The first-order valence-electron chi connectivity index (χ1n) is 8.69. The molecular formula is C19H24N2O3. The van der Waals surface area contributed by atoms with E-state index in [1.807, 2.05) is 31.2 Å². The summed E-state index contributed by atoms with van der Waals surface area (Å²) >= 11 is 0. The third-order valence-corrected chi connectivity index (χ3v) is 5.12. The summed E-state index contributed by atoms with van der Waals surface area (Å²) in [6.07, 6.45) is 5.88. The molecule has 1 saturated carbocycles. The zero-order valence-corrected chi connectivity index (χ0v) is 14.1. The molecule has 128 valence electrons. The third kappa shape index (κ3) is 3.21. The van der Waals surface area contributed by atoms with Crippen LogP contribution in [-0.4, -0.2) is 39.8 Å². The van der Waals surface area contributed by atoms with E-state index in [2.05, 4.69) is 0 Å². The molecule has 1 heterocycles. The standard InChI is InChI=1S/C19H24N2O3/c1-14-8-4-5-9-15(14)16-12-17(22)21(13-18(23)24)19(20-16)10-6-2-3-7-11-19/h4-5,8-9H,2-3,6-7,10-13H2,1H3,(H,23,24). The van der Waals surface area contributed by atoms with Crippen molar-refractivity contribution in [1.82, 2.24) is 4.90 Å². The Hall–Kier alpha value is -2.17. The summed E-state index contributed by atoms with van der Waals surface area (Å²) in [7, 11) is 0. The lowest BCUT2D eigenvalue weighted by atomic mass is 9.92. The molecule has 24 heavy (non-hydrogen) atoms. The van der Waals surface area contributed by atoms with Crippen molar-refractivity contribution in [2.75, 3.05) is 6.54 Å². The van der Waals surface area contributed by atoms with Crippen LogP contribution in [0.15, 0.2) is 29.3 Å². The number of carboxylic acids is 1. The maximum atomic E-state index is 12.8. The van der Waals surface area contributed by atoms with Crippen LogP contribution in [0.25, 0.3) is 0 Å². The van der Waals surface area contributed by atoms with Gasteiger partial charge in [-0.1, -0.05) is 37.1 Å². The quantitative estimate of drug-likeness (QED) is 0.926. The van der Waals surface area contributed by atoms with Crippen LogP contribution in [0.5, 0.6) is 0 Å². The van der Waals surface area contributed by atoms with Gasteiger partial charge in [-0.25, -0.2) is 0 Å². The van der Waals surface area contributed by atoms with Crippen molar-refractivity contribution in [3.63, 3.8) is 0 Å². The van der Waals surface area contributed by atoms with Gasteiger partial charge in [0.15, 0.2) is 0 Å². The Morgan fingerprint density at radius 3 is 2.50 bits per heavy atom. The number of carbonyl (C=O) groups is 2. The average molecular weight is 328 g/mol. The van der Waals surface area contributed by atoms with Crippen molar-refractivity contribution in [3.8, 4) is 0 Å². The highest BCUT2D eigenvalue weighted by Crippen LogP contribution is 2.38. The maximum Gasteiger partial charge on any atom is 0.323 e. The van der Waals surface area contributed by atoms with Crippen LogP contribution in [0.4, 0.5) is 0 Å². The Kier molecular flexibility index (Phi) is 4.69. The van der Waals surface area contributed by atoms with Gasteiger partial charge in [-0.15, -0.1) is 0 Å². The number of benzene rings is 1. The van der Waals surface area contributed by atoms with Gasteiger partial charge < -0.3 is 10.0 Å². The Morgan fingerprint density at radius 1 is 1.21 bits per heavy atom. The summed E-state index contributed by atoms with van der Waals surface area (Å²) in [4.78, 5) is 30.6. The van der Waals surface area contributed by atoms with E-state index < -0.39 is 11.6 Å². The maximum absolute atomic E-state index is 12.8. The highest BCUT2D eigenvalue weighted by molar-refractivity contribution is 6.13. The molecule has 1 aromatic rings. The topological polar surface area (TPSA) is 70.0 Å². The summed E-state index contributed by atoms with van der Waals surface area (Å²) < 4.78 is 0. The number of amides is 1. The molecule has 1 N–H and O–H groups in total. The van der Waals surface area contributed by atoms with Crippen LogP contribution in [0.1, 0.15) is 56.1 Å². The molecule has 1 aliphatic carbocycles. The van der Waals surface area contributed by atoms with Crippen molar-refractivity contribution in [1.29, 1.82) is 0 Å². The molecule has 0 bridgehead atoms. The fourth-order valence-corrected chi connectivity index (χ4v) is 3.92. The SMILES string of the molecule is Cc1ccccc1C1=NC2(CCCCCC2)N(CC(=O)O)C(=O)C1. The van der Waals surface area contributed by atoms with Crippen LogP contribution in [0.3, 0.4) is 0 Å². The molecular weight excluding hydrogens is 304 g/mol. The number of aliphatic carboxylic acids is 1. The third-order valence-electron chi connectivity index (χ3n) is 5.12. The van der Waals surface area contributed by atoms with Gasteiger partial charge in [0.2, 0.25) is 5.91 Å². The van der Waals surface area contributed by atoms with Crippen LogP contribution in [0, 0.1) is 6.92 Å². The van der Waals surface area contributed by atoms with Gasteiger partial charge in [-0.05, 0) is 43.7 Å². The molecule has 1 aliphatic heterocycles. The Bertz CT molecular complexity index is 673. The molecule has 0 saturated heterocycles. The van der Waals surface area contributed by atoms with Gasteiger partial charge in [0, 0.05) is 0 Å². The van der Waals surface area contributed by atoms with E-state index in [0.29, 0.717) is 0 Å². The Labute approximate surface area is 142 Å². The average Bonchev–Trinajstić information content (AvgIpc) is 2.77. The van der Waals surface area contributed by atoms with Crippen LogP contribution >= 0.6 is 0 Å². The number of aryl methyl sites for hydroxylation is 1. The number of carbonyl (C=O) groups excluding carboxylic acids is 1. The van der Waals surface area contributed by atoms with Crippen molar-refractivity contribution < 1.29 is 14.7 Å². The molecule has 1 amide bonds. The fourth-order valence-electron chi connectivity index (χ4n) is 3.92. The Morgan fingerprint density at radius 2 is 1.88 bits per heavy atom. The van der Waals surface area contributed by atoms with Crippen molar-refractivity contribution in [2.45, 2.75) is 57.5 Å². The highest BCUT2D eigenvalue weighted by Gasteiger charge is 2.44. The number of hydrogen-bond donors (Lipinski definition) is 1. The molecule has 1 spiro atoms. The van der Waals surface area contributed by atoms with E-state index in [4.69, 9.17) is 4.99 Å². The van der Waals surface area contributed by atoms with Gasteiger partial charge >= 0.3 is 5.97 Å². The van der Waals surface area contributed by atoms with Gasteiger partial charge in [-0.2, -0.15) is 0 Å². The predicted molar refractivity (Wildman–Crippen MR) is 92.1 cm³/mol. The van der Waals surface area contributed by atoms with Gasteiger partial charge in [0.1, 0.15) is 12.2 Å². The first-order valence-corrected chi connectivity index (χ1v) is 8.69. The summed E-state index contributed by atoms with van der Waals surface area (Å²) in [5.74, 6) is -1.09. The van der Waals surface area contributed by atoms with Gasteiger partial charge in [0.05, 0.1) is 12.1 Å². The van der Waals surface area contributed by atoms with Gasteiger partial charge in [0.25, 0.3) is 0 Å². The smallest absolute Gasteiger partial charge is 0.323 e. The van der Waals surface area contributed by atoms with Crippen LogP contribution in [0.2, 0.25) is 0 Å². The zero-order valence-electron chi connectivity index (χ0n) is 14.1. The monoisotopic (exact) mass is 328 g/mol. The molecule has 1 fully saturated rings. The number of hydrogen-bond acceptors (Lipinski definition) is 3. The molecule has 2 aliphatic rings. The van der Waals surface area contributed by atoms with E-state index >= 15 is 0 Å². The number of aliphatic imine (C=N–C) groups is 1. The number of nitrogens with zero attached hydrogens (tertiary/aromatic N) is 2. The second kappa shape index (κ2) is 6.75. The number of carboxylic acid groups (broad SMARTS) is 1. The van der Waals surface area contributed by atoms with E-state index in [1.54, 1.807) is 0 Å². The summed E-state index contributed by atoms with van der Waals surface area (Å²) in [6.45, 7) is 1.76. The molecule has 1 aromatic carbocycles. The molecule has 0 unspecified atom stereocenters. The first kappa shape index (κ1) is 16.7. The second-order valence-corrected chi connectivity index (χ2v) is 6.82. The zero-order chi connectivity index (χ0) is 17.2. The van der Waals surface area contributed by atoms with Crippen molar-refractivity contribution >= 4 is 17.6 Å². The van der Waals surface area contributed by atoms with E-state index in [1.165, 1.54) is 4.90 Å². The van der Waals surface area contributed by atoms with E-state index in [-0.39, 0.29) is 18.9 Å². The molecule has 3 rings (SSSR count). The van der Waals surface area contributed by atoms with Crippen molar-refractivity contribution in [3.05, 3.63) is 35.4 Å². The van der Waals surface area contributed by atoms with Crippen LogP contribution in [-0.2, 0) is 9.59 Å². The second-order valence-electron chi connectivity index (χ2n) is 6.82. The minimum absolute atomic E-state index is 0.118. The molecule has 0 atom stereocenters. The molecule has 5 heteroatoms. The Balaban J connectivity index is 2.06. The minimum Gasteiger partial charge on any atom is -0.480 e. The fraction of sp³-hybridized carbons (Fsp3) is 0.526. The lowest BCUT2D eigenvalue weighted by Gasteiger charge is -2.43. The molecule has 0 aromatic heterocycles. The van der Waals surface area contributed by atoms with Crippen LogP contribution < -0.4 is 0 Å². The van der Waals surface area contributed by atoms with E-state index in [9.17, 15) is 14.7 Å².